The number of benzene rings is 2. The predicted molar refractivity (Wildman–Crippen MR) is 115 cm³/mol. The summed E-state index contributed by atoms with van der Waals surface area (Å²) in [6, 6.07) is 23.5. The van der Waals surface area contributed by atoms with Crippen LogP contribution in [0.1, 0.15) is 30.5 Å². The molecule has 0 fully saturated rings. The van der Waals surface area contributed by atoms with E-state index in [1.54, 1.807) is 7.11 Å². The molecule has 0 aliphatic carbocycles. The Hall–Kier alpha value is -2.91. The van der Waals surface area contributed by atoms with Crippen molar-refractivity contribution in [1.82, 2.24) is 10.3 Å². The van der Waals surface area contributed by atoms with E-state index in [0.29, 0.717) is 12.0 Å². The fourth-order valence-electron chi connectivity index (χ4n) is 3.85. The van der Waals surface area contributed by atoms with Crippen molar-refractivity contribution in [3.63, 3.8) is 0 Å². The third kappa shape index (κ3) is 4.00. The first-order valence-corrected chi connectivity index (χ1v) is 9.83. The van der Waals surface area contributed by atoms with Crippen LogP contribution in [0.2, 0.25) is 0 Å². The standard InChI is InChI=1S/C25H26N2O/c1-18(24-16-21(11-13-26-24)19-7-4-3-5-8-19)25-17-22(12-14-27-25)20-9-6-10-23(15-20)28-2/h3-12,14-15,17-18,24,26H,13,16H2,1-2H3. The van der Waals surface area contributed by atoms with E-state index < -0.39 is 0 Å². The number of methoxy groups -OCH3 is 1. The molecule has 4 rings (SSSR count). The van der Waals surface area contributed by atoms with Gasteiger partial charge in [-0.25, -0.2) is 0 Å². The molecule has 0 saturated heterocycles. The number of aromatic nitrogens is 1. The number of rotatable bonds is 5. The average Bonchev–Trinajstić information content (AvgIpc) is 2.79. The quantitative estimate of drug-likeness (QED) is 0.661. The van der Waals surface area contributed by atoms with Crippen molar-refractivity contribution >= 4 is 5.57 Å². The molecule has 1 aromatic heterocycles. The molecule has 3 heteroatoms. The SMILES string of the molecule is COc1cccc(-c2ccnc(C(C)C3CC(c4ccccc4)=CCN3)c2)c1. The van der Waals surface area contributed by atoms with Gasteiger partial charge in [-0.2, -0.15) is 0 Å². The topological polar surface area (TPSA) is 34.1 Å². The molecule has 2 atom stereocenters. The molecule has 3 aromatic rings. The molecule has 3 nitrogen and oxygen atoms in total. The second kappa shape index (κ2) is 8.41. The fraction of sp³-hybridized carbons (Fsp3) is 0.240. The van der Waals surface area contributed by atoms with Crippen molar-refractivity contribution < 1.29 is 4.74 Å². The lowest BCUT2D eigenvalue weighted by atomic mass is 9.86. The van der Waals surface area contributed by atoms with Crippen LogP contribution in [0, 0.1) is 0 Å². The van der Waals surface area contributed by atoms with Gasteiger partial charge < -0.3 is 10.1 Å². The molecule has 2 unspecified atom stereocenters. The maximum Gasteiger partial charge on any atom is 0.119 e. The van der Waals surface area contributed by atoms with Crippen molar-refractivity contribution in [3.05, 3.63) is 90.3 Å². The van der Waals surface area contributed by atoms with E-state index in [1.807, 2.05) is 18.3 Å². The monoisotopic (exact) mass is 370 g/mol. The number of nitrogens with one attached hydrogen (secondary N) is 1. The Balaban J connectivity index is 1.55. The fourth-order valence-corrected chi connectivity index (χ4v) is 3.85. The van der Waals surface area contributed by atoms with Gasteiger partial charge in [0.15, 0.2) is 0 Å². The lowest BCUT2D eigenvalue weighted by Crippen LogP contribution is -2.37. The first kappa shape index (κ1) is 18.5. The van der Waals surface area contributed by atoms with Crippen LogP contribution in [0.15, 0.2) is 79.0 Å². The Kier molecular flexibility index (Phi) is 5.54. The van der Waals surface area contributed by atoms with Crippen LogP contribution in [0.25, 0.3) is 16.7 Å². The highest BCUT2D eigenvalue weighted by atomic mass is 16.5. The van der Waals surface area contributed by atoms with Gasteiger partial charge in [0.05, 0.1) is 7.11 Å². The minimum atomic E-state index is 0.318. The minimum absolute atomic E-state index is 0.318. The van der Waals surface area contributed by atoms with E-state index in [-0.39, 0.29) is 0 Å². The first-order valence-electron chi connectivity index (χ1n) is 9.83. The van der Waals surface area contributed by atoms with Crippen molar-refractivity contribution in [2.24, 2.45) is 0 Å². The van der Waals surface area contributed by atoms with Gasteiger partial charge in [-0.05, 0) is 52.9 Å². The third-order valence-electron chi connectivity index (χ3n) is 5.57. The molecule has 0 amide bonds. The maximum absolute atomic E-state index is 5.37. The first-order chi connectivity index (χ1) is 13.7. The summed E-state index contributed by atoms with van der Waals surface area (Å²) in [5.41, 5.74) is 6.17. The lowest BCUT2D eigenvalue weighted by molar-refractivity contribution is 0.415. The molecule has 0 bridgehead atoms. The van der Waals surface area contributed by atoms with Crippen molar-refractivity contribution in [2.45, 2.75) is 25.3 Å². The Morgan fingerprint density at radius 2 is 1.75 bits per heavy atom. The van der Waals surface area contributed by atoms with E-state index in [4.69, 9.17) is 4.74 Å². The van der Waals surface area contributed by atoms with E-state index in [2.05, 4.69) is 77.9 Å². The number of pyridine rings is 1. The molecule has 28 heavy (non-hydrogen) atoms. The molecule has 0 spiro atoms. The summed E-state index contributed by atoms with van der Waals surface area (Å²) < 4.78 is 5.37. The summed E-state index contributed by atoms with van der Waals surface area (Å²) in [6.45, 7) is 3.16. The van der Waals surface area contributed by atoms with Gasteiger partial charge in [0.2, 0.25) is 0 Å². The number of nitrogens with zero attached hydrogens (tertiary/aromatic N) is 1. The lowest BCUT2D eigenvalue weighted by Gasteiger charge is -2.29. The summed E-state index contributed by atoms with van der Waals surface area (Å²) in [7, 11) is 1.70. The molecule has 0 radical (unpaired) electrons. The highest BCUT2D eigenvalue weighted by Crippen LogP contribution is 2.31. The van der Waals surface area contributed by atoms with Gasteiger partial charge in [0.1, 0.15) is 5.75 Å². The second-order valence-corrected chi connectivity index (χ2v) is 7.30. The number of ether oxygens (including phenoxy) is 1. The highest BCUT2D eigenvalue weighted by molar-refractivity contribution is 5.67. The van der Waals surface area contributed by atoms with E-state index in [9.17, 15) is 0 Å². The smallest absolute Gasteiger partial charge is 0.119 e. The molecule has 1 aliphatic rings. The second-order valence-electron chi connectivity index (χ2n) is 7.30. The number of hydrogen-bond acceptors (Lipinski definition) is 3. The van der Waals surface area contributed by atoms with E-state index in [1.165, 1.54) is 16.7 Å². The highest BCUT2D eigenvalue weighted by Gasteiger charge is 2.24. The van der Waals surface area contributed by atoms with Crippen molar-refractivity contribution in [1.29, 1.82) is 0 Å². The zero-order valence-electron chi connectivity index (χ0n) is 16.4. The van der Waals surface area contributed by atoms with Crippen molar-refractivity contribution in [2.75, 3.05) is 13.7 Å². The predicted octanol–water partition coefficient (Wildman–Crippen LogP) is 5.31. The Morgan fingerprint density at radius 3 is 2.57 bits per heavy atom. The van der Waals surface area contributed by atoms with Crippen molar-refractivity contribution in [3.8, 4) is 16.9 Å². The third-order valence-corrected chi connectivity index (χ3v) is 5.57. The normalized spacial score (nSPS) is 17.6. The van der Waals surface area contributed by atoms with Gasteiger partial charge in [-0.3, -0.25) is 4.98 Å². The maximum atomic E-state index is 5.37. The van der Waals surface area contributed by atoms with E-state index >= 15 is 0 Å². The van der Waals surface area contributed by atoms with Gasteiger partial charge in [-0.15, -0.1) is 0 Å². The number of hydrogen-bond donors (Lipinski definition) is 1. The van der Waals surface area contributed by atoms with Gasteiger partial charge in [-0.1, -0.05) is 55.5 Å². The zero-order valence-corrected chi connectivity index (χ0v) is 16.4. The molecular weight excluding hydrogens is 344 g/mol. The van der Waals surface area contributed by atoms with Crippen LogP contribution in [0.4, 0.5) is 0 Å². The largest absolute Gasteiger partial charge is 0.497 e. The summed E-state index contributed by atoms with van der Waals surface area (Å²) in [6.07, 6.45) is 5.23. The zero-order chi connectivity index (χ0) is 19.3. The molecule has 1 aliphatic heterocycles. The van der Waals surface area contributed by atoms with Crippen LogP contribution in [0.3, 0.4) is 0 Å². The molecule has 2 heterocycles. The van der Waals surface area contributed by atoms with Gasteiger partial charge in [0, 0.05) is 30.4 Å². The summed E-state index contributed by atoms with van der Waals surface area (Å²) in [5, 5.41) is 3.66. The van der Waals surface area contributed by atoms with Crippen LogP contribution >= 0.6 is 0 Å². The van der Waals surface area contributed by atoms with Crippen LogP contribution in [0.5, 0.6) is 5.75 Å². The van der Waals surface area contributed by atoms with Gasteiger partial charge in [0.25, 0.3) is 0 Å². The molecule has 2 aromatic carbocycles. The molecular formula is C25H26N2O. The van der Waals surface area contributed by atoms with Crippen LogP contribution in [-0.4, -0.2) is 24.7 Å². The van der Waals surface area contributed by atoms with Crippen LogP contribution in [-0.2, 0) is 0 Å². The summed E-state index contributed by atoms with van der Waals surface area (Å²) in [5.74, 6) is 1.19. The Morgan fingerprint density at radius 1 is 0.964 bits per heavy atom. The summed E-state index contributed by atoms with van der Waals surface area (Å²) >= 11 is 0. The Labute approximate surface area is 167 Å². The van der Waals surface area contributed by atoms with Gasteiger partial charge >= 0.3 is 0 Å². The van der Waals surface area contributed by atoms with Crippen LogP contribution < -0.4 is 10.1 Å². The summed E-state index contributed by atoms with van der Waals surface area (Å²) in [4.78, 5) is 4.69. The Bertz CT molecular complexity index is 965. The molecule has 0 saturated carbocycles. The minimum Gasteiger partial charge on any atom is -0.497 e. The molecule has 1 N–H and O–H groups in total. The average molecular weight is 370 g/mol. The molecule has 142 valence electrons. The van der Waals surface area contributed by atoms with E-state index in [0.717, 1.165) is 30.0 Å².